The van der Waals surface area contributed by atoms with E-state index in [-0.39, 0.29) is 23.1 Å². The topological polar surface area (TPSA) is 119 Å². The third kappa shape index (κ3) is 3.23. The van der Waals surface area contributed by atoms with Gasteiger partial charge in [-0.2, -0.15) is 4.98 Å². The van der Waals surface area contributed by atoms with Crippen LogP contribution in [0.25, 0.3) is 0 Å². The van der Waals surface area contributed by atoms with Gasteiger partial charge in [-0.3, -0.25) is 15.5 Å². The fourth-order valence-electron chi connectivity index (χ4n) is 2.12. The first-order chi connectivity index (χ1) is 9.90. The van der Waals surface area contributed by atoms with E-state index in [0.29, 0.717) is 0 Å². The maximum Gasteiger partial charge on any atom is 0.332 e. The highest BCUT2D eigenvalue weighted by atomic mass is 16.6. The average Bonchev–Trinajstić information content (AvgIpc) is 2.36. The number of nitrogen functional groups attached to an aromatic ring is 1. The summed E-state index contributed by atoms with van der Waals surface area (Å²) < 4.78 is 0. The molecule has 0 saturated carbocycles. The average molecular weight is 288 g/mol. The van der Waals surface area contributed by atoms with Crippen LogP contribution >= 0.6 is 0 Å². The first-order valence-electron chi connectivity index (χ1n) is 6.25. The molecule has 0 unspecified atom stereocenters. The van der Waals surface area contributed by atoms with E-state index in [1.54, 1.807) is 0 Å². The van der Waals surface area contributed by atoms with E-state index in [2.05, 4.69) is 20.7 Å². The predicted molar refractivity (Wildman–Crippen MR) is 80.4 cm³/mol. The zero-order valence-electron chi connectivity index (χ0n) is 12.0. The summed E-state index contributed by atoms with van der Waals surface area (Å²) >= 11 is 0. The molecule has 0 aliphatic rings. The van der Waals surface area contributed by atoms with Crippen LogP contribution in [0.1, 0.15) is 16.8 Å². The van der Waals surface area contributed by atoms with Gasteiger partial charge in [0.15, 0.2) is 0 Å². The van der Waals surface area contributed by atoms with E-state index in [4.69, 9.17) is 5.84 Å². The summed E-state index contributed by atoms with van der Waals surface area (Å²) in [5.74, 6) is 5.50. The van der Waals surface area contributed by atoms with Gasteiger partial charge in [0.2, 0.25) is 11.8 Å². The number of aryl methyl sites for hydroxylation is 3. The highest BCUT2D eigenvalue weighted by Crippen LogP contribution is 2.29. The number of hydrogen-bond acceptors (Lipinski definition) is 7. The first kappa shape index (κ1) is 14.7. The minimum absolute atomic E-state index is 0.102. The van der Waals surface area contributed by atoms with Crippen molar-refractivity contribution in [2.45, 2.75) is 20.8 Å². The van der Waals surface area contributed by atoms with Gasteiger partial charge in [-0.05, 0) is 44.0 Å². The number of hydrogen-bond donors (Lipinski definition) is 3. The SMILES string of the molecule is Cc1cc(C)cc(Nc2nc(NN)nc(C)c2[N+](=O)[O-])c1. The van der Waals surface area contributed by atoms with Crippen molar-refractivity contribution in [1.82, 2.24) is 9.97 Å². The van der Waals surface area contributed by atoms with Crippen molar-refractivity contribution in [1.29, 1.82) is 0 Å². The molecule has 8 heteroatoms. The van der Waals surface area contributed by atoms with E-state index >= 15 is 0 Å². The number of nitrogens with zero attached hydrogens (tertiary/aromatic N) is 3. The van der Waals surface area contributed by atoms with Gasteiger partial charge < -0.3 is 5.32 Å². The van der Waals surface area contributed by atoms with Crippen LogP contribution in [0.2, 0.25) is 0 Å². The Morgan fingerprint density at radius 3 is 2.29 bits per heavy atom. The molecule has 0 saturated heterocycles. The number of nitrogens with one attached hydrogen (secondary N) is 2. The summed E-state index contributed by atoms with van der Waals surface area (Å²) in [5.41, 5.74) is 5.16. The van der Waals surface area contributed by atoms with Gasteiger partial charge >= 0.3 is 5.69 Å². The third-order valence-electron chi connectivity index (χ3n) is 2.85. The van der Waals surface area contributed by atoms with E-state index in [1.807, 2.05) is 32.0 Å². The highest BCUT2D eigenvalue weighted by Gasteiger charge is 2.22. The van der Waals surface area contributed by atoms with Crippen LogP contribution in [0.3, 0.4) is 0 Å². The minimum Gasteiger partial charge on any atom is -0.334 e. The molecule has 0 radical (unpaired) electrons. The molecule has 110 valence electrons. The molecule has 0 aliphatic heterocycles. The summed E-state index contributed by atoms with van der Waals surface area (Å²) in [4.78, 5) is 18.6. The molecule has 0 fully saturated rings. The fraction of sp³-hybridized carbons (Fsp3) is 0.231. The molecule has 1 aromatic heterocycles. The van der Waals surface area contributed by atoms with Gasteiger partial charge in [-0.25, -0.2) is 10.8 Å². The minimum atomic E-state index is -0.513. The highest BCUT2D eigenvalue weighted by molar-refractivity contribution is 5.68. The molecule has 0 bridgehead atoms. The van der Waals surface area contributed by atoms with E-state index in [1.165, 1.54) is 6.92 Å². The number of nitro groups is 1. The second kappa shape index (κ2) is 5.71. The third-order valence-corrected chi connectivity index (χ3v) is 2.85. The molecule has 2 rings (SSSR count). The maximum absolute atomic E-state index is 11.2. The number of hydrazine groups is 1. The van der Waals surface area contributed by atoms with Gasteiger partial charge in [0.05, 0.1) is 4.92 Å². The number of rotatable bonds is 4. The molecular weight excluding hydrogens is 272 g/mol. The maximum atomic E-state index is 11.2. The number of anilines is 3. The quantitative estimate of drug-likeness (QED) is 0.448. The van der Waals surface area contributed by atoms with Crippen LogP contribution in [0.5, 0.6) is 0 Å². The van der Waals surface area contributed by atoms with Gasteiger partial charge in [0, 0.05) is 5.69 Å². The number of benzene rings is 1. The van der Waals surface area contributed by atoms with Crippen molar-refractivity contribution in [3.63, 3.8) is 0 Å². The summed E-state index contributed by atoms with van der Waals surface area (Å²) in [6.07, 6.45) is 0. The van der Waals surface area contributed by atoms with Gasteiger partial charge in [-0.15, -0.1) is 0 Å². The monoisotopic (exact) mass is 288 g/mol. The van der Waals surface area contributed by atoms with Crippen LogP contribution in [-0.2, 0) is 0 Å². The Hall–Kier alpha value is -2.74. The summed E-state index contributed by atoms with van der Waals surface area (Å²) in [6, 6.07) is 5.77. The first-order valence-corrected chi connectivity index (χ1v) is 6.25. The van der Waals surface area contributed by atoms with Gasteiger partial charge in [-0.1, -0.05) is 6.07 Å². The molecule has 2 aromatic rings. The standard InChI is InChI=1S/C13H16N6O2/c1-7-4-8(2)6-10(5-7)16-12-11(19(20)21)9(3)15-13(17-12)18-14/h4-6H,14H2,1-3H3,(H2,15,16,17,18). The van der Waals surface area contributed by atoms with E-state index in [9.17, 15) is 10.1 Å². The molecule has 1 aromatic carbocycles. The van der Waals surface area contributed by atoms with E-state index in [0.717, 1.165) is 16.8 Å². The number of aromatic nitrogens is 2. The van der Waals surface area contributed by atoms with Crippen LogP contribution in [0.4, 0.5) is 23.1 Å². The molecule has 1 heterocycles. The van der Waals surface area contributed by atoms with Crippen LogP contribution < -0.4 is 16.6 Å². The lowest BCUT2D eigenvalue weighted by Gasteiger charge is -2.10. The molecule has 0 amide bonds. The lowest BCUT2D eigenvalue weighted by Crippen LogP contribution is -2.13. The summed E-state index contributed by atoms with van der Waals surface area (Å²) in [5, 5.41) is 14.2. The zero-order chi connectivity index (χ0) is 15.6. The molecule has 4 N–H and O–H groups in total. The molecule has 0 aliphatic carbocycles. The van der Waals surface area contributed by atoms with Crippen LogP contribution in [-0.4, -0.2) is 14.9 Å². The Labute approximate surface area is 121 Å². The second-order valence-electron chi connectivity index (χ2n) is 4.73. The summed E-state index contributed by atoms with van der Waals surface area (Å²) in [7, 11) is 0. The van der Waals surface area contributed by atoms with Crippen molar-refractivity contribution in [3.8, 4) is 0 Å². The Bertz CT molecular complexity index is 681. The van der Waals surface area contributed by atoms with Gasteiger partial charge in [0.1, 0.15) is 5.69 Å². The number of nitrogens with two attached hydrogens (primary N) is 1. The van der Waals surface area contributed by atoms with Crippen LogP contribution in [0, 0.1) is 30.9 Å². The summed E-state index contributed by atoms with van der Waals surface area (Å²) in [6.45, 7) is 5.43. The van der Waals surface area contributed by atoms with E-state index < -0.39 is 4.92 Å². The lowest BCUT2D eigenvalue weighted by molar-refractivity contribution is -0.385. The normalized spacial score (nSPS) is 10.3. The van der Waals surface area contributed by atoms with Crippen molar-refractivity contribution in [2.75, 3.05) is 10.7 Å². The van der Waals surface area contributed by atoms with Crippen molar-refractivity contribution < 1.29 is 4.92 Å². The predicted octanol–water partition coefficient (Wildman–Crippen LogP) is 2.34. The molecule has 21 heavy (non-hydrogen) atoms. The Morgan fingerprint density at radius 1 is 1.14 bits per heavy atom. The lowest BCUT2D eigenvalue weighted by atomic mass is 10.1. The molecule has 0 spiro atoms. The van der Waals surface area contributed by atoms with Crippen molar-refractivity contribution >= 4 is 23.1 Å². The van der Waals surface area contributed by atoms with Crippen LogP contribution in [0.15, 0.2) is 18.2 Å². The smallest absolute Gasteiger partial charge is 0.332 e. The molecule has 8 nitrogen and oxygen atoms in total. The Morgan fingerprint density at radius 2 is 1.76 bits per heavy atom. The van der Waals surface area contributed by atoms with Gasteiger partial charge in [0.25, 0.3) is 0 Å². The zero-order valence-corrected chi connectivity index (χ0v) is 12.0. The Kier molecular flexibility index (Phi) is 3.99. The molecular formula is C13H16N6O2. The van der Waals surface area contributed by atoms with Crippen molar-refractivity contribution in [2.24, 2.45) is 5.84 Å². The Balaban J connectivity index is 2.51. The second-order valence-corrected chi connectivity index (χ2v) is 4.73. The fourth-order valence-corrected chi connectivity index (χ4v) is 2.12. The largest absolute Gasteiger partial charge is 0.334 e. The molecule has 0 atom stereocenters. The van der Waals surface area contributed by atoms with Crippen molar-refractivity contribution in [3.05, 3.63) is 45.1 Å².